The van der Waals surface area contributed by atoms with Gasteiger partial charge in [-0.25, -0.2) is 9.67 Å². The first-order valence-corrected chi connectivity index (χ1v) is 11.4. The monoisotopic (exact) mass is 451 g/mol. The number of rotatable bonds is 7. The van der Waals surface area contributed by atoms with Gasteiger partial charge in [-0.15, -0.1) is 0 Å². The van der Waals surface area contributed by atoms with E-state index in [1.165, 1.54) is 0 Å². The van der Waals surface area contributed by atoms with E-state index in [1.54, 1.807) is 6.20 Å². The Labute approximate surface area is 194 Å². The minimum Gasteiger partial charge on any atom is -0.486 e. The summed E-state index contributed by atoms with van der Waals surface area (Å²) < 4.78 is 13.3. The van der Waals surface area contributed by atoms with Crippen molar-refractivity contribution in [1.82, 2.24) is 25.0 Å². The van der Waals surface area contributed by atoms with Crippen LogP contribution < -0.4 is 14.8 Å². The van der Waals surface area contributed by atoms with Crippen molar-refractivity contribution >= 4 is 16.9 Å². The average Bonchev–Trinajstić information content (AvgIpc) is 3.20. The molecule has 0 unspecified atom stereocenters. The molecule has 3 heterocycles. The summed E-state index contributed by atoms with van der Waals surface area (Å²) >= 11 is 0. The van der Waals surface area contributed by atoms with Gasteiger partial charge < -0.3 is 19.7 Å². The van der Waals surface area contributed by atoms with Gasteiger partial charge in [-0.3, -0.25) is 4.79 Å². The molecule has 1 aliphatic heterocycles. The number of aromatic nitrogens is 3. The standard InChI is InChI=1S/C25H33N5O3/c1-16(2)30-23-19(13-27-30)18(24(31)26-14-25(3,4)15-29(5)6)12-20(28-23)17-7-8-21-22(11-17)33-10-9-32-21/h7-8,11-13,16H,9-10,14-15H2,1-6H3,(H,26,31). The Morgan fingerprint density at radius 1 is 1.18 bits per heavy atom. The third-order valence-corrected chi connectivity index (χ3v) is 5.61. The van der Waals surface area contributed by atoms with Crippen molar-refractivity contribution in [2.24, 2.45) is 5.41 Å². The lowest BCUT2D eigenvalue weighted by molar-refractivity contribution is 0.0931. The Hall–Kier alpha value is -3.13. The van der Waals surface area contributed by atoms with Crippen molar-refractivity contribution in [3.05, 3.63) is 36.0 Å². The summed E-state index contributed by atoms with van der Waals surface area (Å²) in [5.74, 6) is 1.28. The minimum absolute atomic E-state index is 0.0634. The predicted molar refractivity (Wildman–Crippen MR) is 129 cm³/mol. The van der Waals surface area contributed by atoms with Crippen LogP contribution in [0.3, 0.4) is 0 Å². The van der Waals surface area contributed by atoms with Crippen molar-refractivity contribution in [3.63, 3.8) is 0 Å². The van der Waals surface area contributed by atoms with E-state index in [1.807, 2.05) is 56.9 Å². The van der Waals surface area contributed by atoms with Crippen LogP contribution in [0.25, 0.3) is 22.3 Å². The van der Waals surface area contributed by atoms with Gasteiger partial charge in [0.15, 0.2) is 17.1 Å². The molecule has 0 bridgehead atoms. The smallest absolute Gasteiger partial charge is 0.252 e. The highest BCUT2D eigenvalue weighted by molar-refractivity contribution is 6.06. The van der Waals surface area contributed by atoms with Gasteiger partial charge >= 0.3 is 0 Å². The molecule has 2 aromatic heterocycles. The van der Waals surface area contributed by atoms with Crippen LogP contribution in [-0.4, -0.2) is 66.0 Å². The Morgan fingerprint density at radius 2 is 1.91 bits per heavy atom. The normalized spacial score (nSPS) is 13.7. The van der Waals surface area contributed by atoms with Gasteiger partial charge in [0, 0.05) is 24.7 Å². The number of amides is 1. The third-order valence-electron chi connectivity index (χ3n) is 5.61. The van der Waals surface area contributed by atoms with Crippen LogP contribution in [0.4, 0.5) is 0 Å². The molecule has 1 N–H and O–H groups in total. The highest BCUT2D eigenvalue weighted by atomic mass is 16.6. The zero-order chi connectivity index (χ0) is 23.8. The molecule has 176 valence electrons. The summed E-state index contributed by atoms with van der Waals surface area (Å²) in [6.07, 6.45) is 1.73. The maximum absolute atomic E-state index is 13.4. The summed E-state index contributed by atoms with van der Waals surface area (Å²) in [6.45, 7) is 10.9. The van der Waals surface area contributed by atoms with E-state index in [2.05, 4.69) is 29.2 Å². The number of benzene rings is 1. The Balaban J connectivity index is 1.73. The Bertz CT molecular complexity index is 1170. The number of nitrogens with zero attached hydrogens (tertiary/aromatic N) is 4. The molecule has 0 fully saturated rings. The lowest BCUT2D eigenvalue weighted by atomic mass is 9.92. The van der Waals surface area contributed by atoms with Crippen LogP contribution in [0.5, 0.6) is 11.5 Å². The van der Waals surface area contributed by atoms with E-state index in [-0.39, 0.29) is 17.4 Å². The molecule has 1 aliphatic rings. The summed E-state index contributed by atoms with van der Waals surface area (Å²) in [5, 5.41) is 8.39. The molecule has 0 atom stereocenters. The molecule has 0 radical (unpaired) electrons. The fourth-order valence-corrected chi connectivity index (χ4v) is 4.26. The van der Waals surface area contributed by atoms with E-state index in [4.69, 9.17) is 14.5 Å². The summed E-state index contributed by atoms with van der Waals surface area (Å²) in [6, 6.07) is 7.70. The van der Waals surface area contributed by atoms with Crippen molar-refractivity contribution < 1.29 is 14.3 Å². The van der Waals surface area contributed by atoms with Gasteiger partial charge in [0.25, 0.3) is 5.91 Å². The second-order valence-corrected chi connectivity index (χ2v) is 9.92. The largest absolute Gasteiger partial charge is 0.486 e. The molecule has 0 aliphatic carbocycles. The topological polar surface area (TPSA) is 81.5 Å². The molecule has 0 saturated carbocycles. The molecule has 1 amide bonds. The molecule has 4 rings (SSSR count). The van der Waals surface area contributed by atoms with Crippen LogP contribution >= 0.6 is 0 Å². The van der Waals surface area contributed by atoms with Gasteiger partial charge in [0.1, 0.15) is 13.2 Å². The fraction of sp³-hybridized carbons (Fsp3) is 0.480. The Morgan fingerprint density at radius 3 is 2.61 bits per heavy atom. The second kappa shape index (κ2) is 9.02. The predicted octanol–water partition coefficient (Wildman–Crippen LogP) is 3.77. The first kappa shape index (κ1) is 23.0. The van der Waals surface area contributed by atoms with E-state index in [0.29, 0.717) is 42.4 Å². The van der Waals surface area contributed by atoms with Crippen molar-refractivity contribution in [2.75, 3.05) is 40.4 Å². The van der Waals surface area contributed by atoms with Crippen LogP contribution in [0.2, 0.25) is 0 Å². The first-order valence-electron chi connectivity index (χ1n) is 11.4. The van der Waals surface area contributed by atoms with Crippen molar-refractivity contribution in [3.8, 4) is 22.8 Å². The third kappa shape index (κ3) is 4.95. The van der Waals surface area contributed by atoms with E-state index in [0.717, 1.165) is 23.2 Å². The number of hydrogen-bond donors (Lipinski definition) is 1. The van der Waals surface area contributed by atoms with E-state index < -0.39 is 0 Å². The number of pyridine rings is 1. The maximum atomic E-state index is 13.4. The summed E-state index contributed by atoms with van der Waals surface area (Å²) in [7, 11) is 4.08. The van der Waals surface area contributed by atoms with Gasteiger partial charge in [0.05, 0.1) is 22.8 Å². The highest BCUT2D eigenvalue weighted by Crippen LogP contribution is 2.35. The number of ether oxygens (including phenoxy) is 2. The van der Waals surface area contributed by atoms with Crippen LogP contribution in [0.15, 0.2) is 30.5 Å². The summed E-state index contributed by atoms with van der Waals surface area (Å²) in [4.78, 5) is 20.4. The summed E-state index contributed by atoms with van der Waals surface area (Å²) in [5.41, 5.74) is 2.75. The second-order valence-electron chi connectivity index (χ2n) is 9.92. The molecule has 8 nitrogen and oxygen atoms in total. The zero-order valence-corrected chi connectivity index (χ0v) is 20.3. The molecular formula is C25H33N5O3. The van der Waals surface area contributed by atoms with Crippen LogP contribution in [0, 0.1) is 5.41 Å². The lowest BCUT2D eigenvalue weighted by Gasteiger charge is -2.28. The van der Waals surface area contributed by atoms with Crippen LogP contribution in [0.1, 0.15) is 44.1 Å². The molecule has 0 saturated heterocycles. The van der Waals surface area contributed by atoms with Gasteiger partial charge in [-0.2, -0.15) is 5.10 Å². The molecule has 0 spiro atoms. The molecular weight excluding hydrogens is 418 g/mol. The molecule has 8 heteroatoms. The number of carbonyl (C=O) groups is 1. The number of nitrogens with one attached hydrogen (secondary N) is 1. The van der Waals surface area contributed by atoms with Gasteiger partial charge in [-0.05, 0) is 57.6 Å². The zero-order valence-electron chi connectivity index (χ0n) is 20.3. The minimum atomic E-state index is -0.128. The fourth-order valence-electron chi connectivity index (χ4n) is 4.26. The SMILES string of the molecule is CC(C)n1ncc2c(C(=O)NCC(C)(C)CN(C)C)cc(-c3ccc4c(c3)OCCO4)nc21. The molecule has 33 heavy (non-hydrogen) atoms. The number of hydrogen-bond acceptors (Lipinski definition) is 6. The van der Waals surface area contributed by atoms with E-state index in [9.17, 15) is 4.79 Å². The Kier molecular flexibility index (Phi) is 6.30. The van der Waals surface area contributed by atoms with Crippen LogP contribution in [-0.2, 0) is 0 Å². The number of fused-ring (bicyclic) bond motifs is 2. The van der Waals surface area contributed by atoms with Crippen molar-refractivity contribution in [1.29, 1.82) is 0 Å². The average molecular weight is 452 g/mol. The number of carbonyl (C=O) groups excluding carboxylic acids is 1. The maximum Gasteiger partial charge on any atom is 0.252 e. The van der Waals surface area contributed by atoms with Crippen molar-refractivity contribution in [2.45, 2.75) is 33.7 Å². The lowest BCUT2D eigenvalue weighted by Crippen LogP contribution is -2.40. The molecule has 3 aromatic rings. The quantitative estimate of drug-likeness (QED) is 0.589. The van der Waals surface area contributed by atoms with Gasteiger partial charge in [0.2, 0.25) is 0 Å². The molecule has 1 aromatic carbocycles. The van der Waals surface area contributed by atoms with E-state index >= 15 is 0 Å². The van der Waals surface area contributed by atoms with Gasteiger partial charge in [-0.1, -0.05) is 13.8 Å². The first-order chi connectivity index (χ1) is 15.6. The highest BCUT2D eigenvalue weighted by Gasteiger charge is 2.23.